The Bertz CT molecular complexity index is 471. The Morgan fingerprint density at radius 1 is 1.38 bits per heavy atom. The van der Waals surface area contributed by atoms with Crippen molar-refractivity contribution in [3.05, 3.63) is 24.8 Å². The average Bonchev–Trinajstić information content (AvgIpc) is 3.01. The third kappa shape index (κ3) is 8.65. The standard InChI is InChI=1S/C17H32N6.HI/c1-5-8-9-10-11-13-22(4)17(18-7-3)19-12-14-23-15-20-21-16(23)6-2;/h5,15H,1,6-14H2,2-4H3,(H,18,19);1H. The first kappa shape index (κ1) is 22.9. The molecule has 0 saturated heterocycles. The molecule has 0 fully saturated rings. The van der Waals surface area contributed by atoms with Crippen molar-refractivity contribution < 1.29 is 0 Å². The molecule has 0 aliphatic heterocycles. The van der Waals surface area contributed by atoms with Gasteiger partial charge in [0.05, 0.1) is 6.54 Å². The number of unbranched alkanes of at least 4 members (excludes halogenated alkanes) is 3. The van der Waals surface area contributed by atoms with E-state index < -0.39 is 0 Å². The van der Waals surface area contributed by atoms with Crippen molar-refractivity contribution in [1.29, 1.82) is 0 Å². The number of hydrogen-bond acceptors (Lipinski definition) is 3. The van der Waals surface area contributed by atoms with Crippen LogP contribution in [0.4, 0.5) is 0 Å². The first-order valence-electron chi connectivity index (χ1n) is 8.69. The number of allylic oxidation sites excluding steroid dienone is 1. The first-order valence-corrected chi connectivity index (χ1v) is 8.69. The molecular formula is C17H33IN6. The average molecular weight is 448 g/mol. The second kappa shape index (κ2) is 14.2. The van der Waals surface area contributed by atoms with E-state index in [4.69, 9.17) is 4.99 Å². The van der Waals surface area contributed by atoms with Crippen molar-refractivity contribution in [1.82, 2.24) is 25.0 Å². The number of aliphatic imine (C=N–C) groups is 1. The number of aromatic nitrogens is 3. The molecule has 0 amide bonds. The van der Waals surface area contributed by atoms with Crippen LogP contribution < -0.4 is 5.32 Å². The van der Waals surface area contributed by atoms with Gasteiger partial charge in [0, 0.05) is 33.1 Å². The highest BCUT2D eigenvalue weighted by molar-refractivity contribution is 14.0. The molecule has 0 spiro atoms. The van der Waals surface area contributed by atoms with Gasteiger partial charge < -0.3 is 14.8 Å². The molecule has 0 radical (unpaired) electrons. The van der Waals surface area contributed by atoms with E-state index in [1.807, 2.05) is 6.08 Å². The highest BCUT2D eigenvalue weighted by Gasteiger charge is 2.05. The molecule has 0 saturated carbocycles. The summed E-state index contributed by atoms with van der Waals surface area (Å²) in [5.74, 6) is 1.99. The molecule has 0 aromatic carbocycles. The van der Waals surface area contributed by atoms with Crippen LogP contribution in [-0.2, 0) is 13.0 Å². The molecule has 0 unspecified atom stereocenters. The predicted molar refractivity (Wildman–Crippen MR) is 112 cm³/mol. The molecule has 7 heteroatoms. The van der Waals surface area contributed by atoms with Gasteiger partial charge in [-0.1, -0.05) is 19.4 Å². The maximum atomic E-state index is 4.72. The van der Waals surface area contributed by atoms with Gasteiger partial charge in [-0.3, -0.25) is 4.99 Å². The van der Waals surface area contributed by atoms with Gasteiger partial charge >= 0.3 is 0 Å². The normalized spacial score (nSPS) is 11.0. The lowest BCUT2D eigenvalue weighted by Gasteiger charge is -2.22. The largest absolute Gasteiger partial charge is 0.357 e. The Labute approximate surface area is 163 Å². The number of guanidine groups is 1. The molecule has 0 aliphatic carbocycles. The lowest BCUT2D eigenvalue weighted by atomic mass is 10.2. The van der Waals surface area contributed by atoms with Crippen molar-refractivity contribution in [2.45, 2.75) is 52.5 Å². The van der Waals surface area contributed by atoms with Gasteiger partial charge in [0.15, 0.2) is 5.96 Å². The third-order valence-corrected chi connectivity index (χ3v) is 3.71. The molecule has 0 aliphatic rings. The van der Waals surface area contributed by atoms with E-state index in [1.165, 1.54) is 19.3 Å². The zero-order valence-corrected chi connectivity index (χ0v) is 17.7. The Balaban J connectivity index is 0.00000529. The number of hydrogen-bond donors (Lipinski definition) is 1. The van der Waals surface area contributed by atoms with Crippen molar-refractivity contribution in [2.24, 2.45) is 4.99 Å². The van der Waals surface area contributed by atoms with E-state index in [0.717, 1.165) is 50.8 Å². The maximum absolute atomic E-state index is 4.72. The Kier molecular flexibility index (Phi) is 13.6. The smallest absolute Gasteiger partial charge is 0.193 e. The zero-order chi connectivity index (χ0) is 16.9. The summed E-state index contributed by atoms with van der Waals surface area (Å²) >= 11 is 0. The van der Waals surface area contributed by atoms with Crippen LogP contribution in [0.5, 0.6) is 0 Å². The zero-order valence-electron chi connectivity index (χ0n) is 15.4. The summed E-state index contributed by atoms with van der Waals surface area (Å²) in [4.78, 5) is 6.93. The lowest BCUT2D eigenvalue weighted by molar-refractivity contribution is 0.454. The van der Waals surface area contributed by atoms with Crippen molar-refractivity contribution in [3.8, 4) is 0 Å². The fourth-order valence-electron chi connectivity index (χ4n) is 2.39. The minimum Gasteiger partial charge on any atom is -0.357 e. The minimum absolute atomic E-state index is 0. The molecular weight excluding hydrogens is 415 g/mol. The molecule has 1 rings (SSSR count). The monoisotopic (exact) mass is 448 g/mol. The van der Waals surface area contributed by atoms with Gasteiger partial charge in [-0.05, 0) is 26.2 Å². The van der Waals surface area contributed by atoms with Crippen LogP contribution in [0.3, 0.4) is 0 Å². The van der Waals surface area contributed by atoms with Crippen molar-refractivity contribution in [2.75, 3.05) is 26.7 Å². The summed E-state index contributed by atoms with van der Waals surface area (Å²) in [5, 5.41) is 11.4. The molecule has 0 bridgehead atoms. The van der Waals surface area contributed by atoms with Crippen LogP contribution in [0.2, 0.25) is 0 Å². The summed E-state index contributed by atoms with van der Waals surface area (Å²) in [6, 6.07) is 0. The molecule has 1 heterocycles. The summed E-state index contributed by atoms with van der Waals surface area (Å²) < 4.78 is 2.07. The van der Waals surface area contributed by atoms with Crippen LogP contribution in [-0.4, -0.2) is 52.3 Å². The van der Waals surface area contributed by atoms with E-state index >= 15 is 0 Å². The van der Waals surface area contributed by atoms with Crippen LogP contribution in [0.15, 0.2) is 24.0 Å². The van der Waals surface area contributed by atoms with Gasteiger partial charge in [-0.2, -0.15) is 0 Å². The topological polar surface area (TPSA) is 58.3 Å². The molecule has 0 atom stereocenters. The van der Waals surface area contributed by atoms with Crippen LogP contribution in [0.1, 0.15) is 45.4 Å². The Hall–Kier alpha value is -1.12. The predicted octanol–water partition coefficient (Wildman–Crippen LogP) is 3.10. The Morgan fingerprint density at radius 3 is 2.83 bits per heavy atom. The second-order valence-electron chi connectivity index (χ2n) is 5.59. The Morgan fingerprint density at radius 2 is 2.17 bits per heavy atom. The van der Waals surface area contributed by atoms with E-state index in [-0.39, 0.29) is 24.0 Å². The minimum atomic E-state index is 0. The van der Waals surface area contributed by atoms with E-state index in [9.17, 15) is 0 Å². The van der Waals surface area contributed by atoms with E-state index in [2.05, 4.69) is 52.5 Å². The van der Waals surface area contributed by atoms with Crippen LogP contribution in [0.25, 0.3) is 0 Å². The van der Waals surface area contributed by atoms with Gasteiger partial charge in [0.2, 0.25) is 0 Å². The fraction of sp³-hybridized carbons (Fsp3) is 0.706. The van der Waals surface area contributed by atoms with Gasteiger partial charge in [0.1, 0.15) is 12.2 Å². The number of rotatable bonds is 11. The summed E-state index contributed by atoms with van der Waals surface area (Å²) in [6.45, 7) is 11.4. The number of nitrogens with one attached hydrogen (secondary N) is 1. The molecule has 1 N–H and O–H groups in total. The summed E-state index contributed by atoms with van der Waals surface area (Å²) in [5.41, 5.74) is 0. The molecule has 6 nitrogen and oxygen atoms in total. The van der Waals surface area contributed by atoms with Crippen LogP contribution in [0, 0.1) is 0 Å². The van der Waals surface area contributed by atoms with Gasteiger partial charge in [-0.15, -0.1) is 40.8 Å². The SMILES string of the molecule is C=CCCCCCN(C)C(=NCCn1cnnc1CC)NCC.I. The summed E-state index contributed by atoms with van der Waals surface area (Å²) in [6.07, 6.45) is 9.41. The number of aryl methyl sites for hydroxylation is 1. The molecule has 138 valence electrons. The fourth-order valence-corrected chi connectivity index (χ4v) is 2.39. The second-order valence-corrected chi connectivity index (χ2v) is 5.59. The van der Waals surface area contributed by atoms with Gasteiger partial charge in [0.25, 0.3) is 0 Å². The molecule has 1 aromatic rings. The molecule has 24 heavy (non-hydrogen) atoms. The lowest BCUT2D eigenvalue weighted by Crippen LogP contribution is -2.39. The number of halogens is 1. The van der Waals surface area contributed by atoms with E-state index in [1.54, 1.807) is 6.33 Å². The maximum Gasteiger partial charge on any atom is 0.193 e. The highest BCUT2D eigenvalue weighted by Crippen LogP contribution is 2.02. The third-order valence-electron chi connectivity index (χ3n) is 3.71. The first-order chi connectivity index (χ1) is 11.2. The molecule has 1 aromatic heterocycles. The number of nitrogens with zero attached hydrogens (tertiary/aromatic N) is 5. The van der Waals surface area contributed by atoms with E-state index in [0.29, 0.717) is 0 Å². The van der Waals surface area contributed by atoms with Crippen molar-refractivity contribution in [3.63, 3.8) is 0 Å². The van der Waals surface area contributed by atoms with Crippen LogP contribution >= 0.6 is 24.0 Å². The highest BCUT2D eigenvalue weighted by atomic mass is 127. The van der Waals surface area contributed by atoms with Crippen molar-refractivity contribution >= 4 is 29.9 Å². The summed E-state index contributed by atoms with van der Waals surface area (Å²) in [7, 11) is 2.10. The van der Waals surface area contributed by atoms with Gasteiger partial charge in [-0.25, -0.2) is 0 Å². The quantitative estimate of drug-likeness (QED) is 0.186.